The molecule has 5 nitrogen and oxygen atoms in total. The minimum atomic E-state index is -4.33. The van der Waals surface area contributed by atoms with E-state index in [0.29, 0.717) is 6.54 Å². The van der Waals surface area contributed by atoms with E-state index in [1.54, 1.807) is 0 Å². The van der Waals surface area contributed by atoms with Gasteiger partial charge in [-0.25, -0.2) is 4.57 Å². The van der Waals surface area contributed by atoms with Crippen LogP contribution in [0, 0.1) is 0 Å². The minimum absolute atomic E-state index is 0.101. The largest absolute Gasteiger partial charge is 0.469 e. The van der Waals surface area contributed by atoms with Gasteiger partial charge in [-0.05, 0) is 38.5 Å². The average Bonchev–Trinajstić information content (AvgIpc) is 2.60. The predicted molar refractivity (Wildman–Crippen MR) is 119 cm³/mol. The minimum Gasteiger partial charge on any atom is -0.327 e. The van der Waals surface area contributed by atoms with Crippen LogP contribution in [0.25, 0.3) is 0 Å². The molecule has 28 heavy (non-hydrogen) atoms. The van der Waals surface area contributed by atoms with Crippen LogP contribution in [0.3, 0.4) is 0 Å². The van der Waals surface area contributed by atoms with Gasteiger partial charge < -0.3 is 14.3 Å². The van der Waals surface area contributed by atoms with Crippen molar-refractivity contribution < 1.29 is 23.4 Å². The Morgan fingerprint density at radius 3 is 1.71 bits per heavy atom. The molecule has 0 radical (unpaired) electrons. The molecule has 0 aromatic carbocycles. The van der Waals surface area contributed by atoms with Crippen molar-refractivity contribution in [3.05, 3.63) is 12.2 Å². The molecule has 0 saturated heterocycles. The van der Waals surface area contributed by atoms with E-state index in [9.17, 15) is 4.57 Å². The van der Waals surface area contributed by atoms with Gasteiger partial charge in [-0.15, -0.1) is 0 Å². The second kappa shape index (κ2) is 17.7. The van der Waals surface area contributed by atoms with E-state index in [-0.39, 0.29) is 6.61 Å². The molecule has 0 bridgehead atoms. The van der Waals surface area contributed by atoms with Crippen molar-refractivity contribution in [3.63, 3.8) is 0 Å². The number of hydrogen-bond donors (Lipinski definition) is 2. The van der Waals surface area contributed by atoms with Gasteiger partial charge in [-0.3, -0.25) is 4.52 Å². The highest BCUT2D eigenvalue weighted by Crippen LogP contribution is 2.35. The van der Waals surface area contributed by atoms with Gasteiger partial charge in [0, 0.05) is 0 Å². The molecule has 0 heterocycles. The molecule has 0 saturated carbocycles. The van der Waals surface area contributed by atoms with Crippen molar-refractivity contribution in [2.75, 3.05) is 33.8 Å². The summed E-state index contributed by atoms with van der Waals surface area (Å²) in [6.07, 6.45) is 23.0. The number of unbranched alkanes of at least 4 members (excludes halogenated alkanes) is 12. The summed E-state index contributed by atoms with van der Waals surface area (Å²) in [6.45, 7) is 4.01. The second-order valence-electron chi connectivity index (χ2n) is 8.64. The van der Waals surface area contributed by atoms with Gasteiger partial charge >= 0.3 is 7.82 Å². The standard InChI is InChI=1S/C22H46NO4P/c1-4-5-6-7-8-9-10-11-12-13-14-15-16-17-18-19-20-23(2,3)21-22-27-28(24,25)26/h11-12H,4-10,13-22H2,1-3H3,(H-,24,25,26)/p+1. The van der Waals surface area contributed by atoms with Crippen molar-refractivity contribution >= 4 is 7.82 Å². The van der Waals surface area contributed by atoms with Gasteiger partial charge in [-0.2, -0.15) is 0 Å². The Balaban J connectivity index is 3.38. The molecule has 0 spiro atoms. The first-order valence-electron chi connectivity index (χ1n) is 11.4. The van der Waals surface area contributed by atoms with E-state index < -0.39 is 7.82 Å². The number of allylic oxidation sites excluding steroid dienone is 2. The number of nitrogens with zero attached hydrogens (tertiary/aromatic N) is 1. The predicted octanol–water partition coefficient (Wildman–Crippen LogP) is 6.21. The summed E-state index contributed by atoms with van der Waals surface area (Å²) in [4.78, 5) is 17.4. The molecular formula is C22H47NO4P+. The van der Waals surface area contributed by atoms with Gasteiger partial charge in [0.05, 0.1) is 20.6 Å². The zero-order chi connectivity index (χ0) is 21.1. The lowest BCUT2D eigenvalue weighted by molar-refractivity contribution is -0.890. The van der Waals surface area contributed by atoms with Gasteiger partial charge in [0.15, 0.2) is 0 Å². The molecule has 0 aliphatic rings. The third-order valence-corrected chi connectivity index (χ3v) is 5.75. The summed E-state index contributed by atoms with van der Waals surface area (Å²) < 4.78 is 16.0. The maximum Gasteiger partial charge on any atom is 0.469 e. The SMILES string of the molecule is CCCCCCCCC=CCCCCCCCC[N+](C)(C)CCOP(=O)(O)O. The maximum absolute atomic E-state index is 10.7. The lowest BCUT2D eigenvalue weighted by atomic mass is 10.1. The molecular weight excluding hydrogens is 373 g/mol. The molecule has 0 aliphatic heterocycles. The number of phosphoric acid groups is 1. The molecule has 0 unspecified atom stereocenters. The molecule has 0 fully saturated rings. The maximum atomic E-state index is 10.7. The first kappa shape index (κ1) is 27.8. The van der Waals surface area contributed by atoms with E-state index in [2.05, 4.69) is 37.7 Å². The molecule has 0 atom stereocenters. The van der Waals surface area contributed by atoms with Crippen molar-refractivity contribution in [3.8, 4) is 0 Å². The average molecular weight is 421 g/mol. The van der Waals surface area contributed by atoms with Gasteiger partial charge in [-0.1, -0.05) is 70.4 Å². The zero-order valence-electron chi connectivity index (χ0n) is 18.8. The van der Waals surface area contributed by atoms with Crippen LogP contribution in [0.5, 0.6) is 0 Å². The van der Waals surface area contributed by atoms with Gasteiger partial charge in [0.1, 0.15) is 13.2 Å². The monoisotopic (exact) mass is 420 g/mol. The number of rotatable bonds is 20. The lowest BCUT2D eigenvalue weighted by Crippen LogP contribution is -2.42. The summed E-state index contributed by atoms with van der Waals surface area (Å²) in [7, 11) is -0.163. The first-order chi connectivity index (χ1) is 13.3. The fourth-order valence-corrected chi connectivity index (χ4v) is 3.63. The van der Waals surface area contributed by atoms with Crippen LogP contribution in [-0.2, 0) is 9.09 Å². The summed E-state index contributed by atoms with van der Waals surface area (Å²) in [5.74, 6) is 0. The molecule has 6 heteroatoms. The van der Waals surface area contributed by atoms with Gasteiger partial charge in [0.25, 0.3) is 0 Å². The molecule has 0 rings (SSSR count). The molecule has 168 valence electrons. The molecule has 0 amide bonds. The van der Waals surface area contributed by atoms with Crippen molar-refractivity contribution in [1.82, 2.24) is 0 Å². The van der Waals surface area contributed by atoms with Crippen LogP contribution < -0.4 is 0 Å². The summed E-state index contributed by atoms with van der Waals surface area (Å²) in [6, 6.07) is 0. The Hall–Kier alpha value is -0.190. The molecule has 0 aromatic rings. The highest BCUT2D eigenvalue weighted by molar-refractivity contribution is 7.46. The molecule has 0 aromatic heterocycles. The van der Waals surface area contributed by atoms with E-state index >= 15 is 0 Å². The Bertz CT molecular complexity index is 421. The first-order valence-corrected chi connectivity index (χ1v) is 13.0. The summed E-state index contributed by atoms with van der Waals surface area (Å²) in [5, 5.41) is 0. The summed E-state index contributed by atoms with van der Waals surface area (Å²) >= 11 is 0. The van der Waals surface area contributed by atoms with Crippen molar-refractivity contribution in [2.24, 2.45) is 0 Å². The third-order valence-electron chi connectivity index (χ3n) is 5.23. The quantitative estimate of drug-likeness (QED) is 0.106. The highest BCUT2D eigenvalue weighted by Gasteiger charge is 2.19. The van der Waals surface area contributed by atoms with Crippen molar-refractivity contribution in [2.45, 2.75) is 96.8 Å². The van der Waals surface area contributed by atoms with Crippen LogP contribution in [-0.4, -0.2) is 48.1 Å². The Kier molecular flexibility index (Phi) is 17.5. The second-order valence-corrected chi connectivity index (χ2v) is 9.88. The Morgan fingerprint density at radius 1 is 0.750 bits per heavy atom. The van der Waals surface area contributed by atoms with E-state index in [1.807, 2.05) is 0 Å². The Labute approximate surface area is 174 Å². The van der Waals surface area contributed by atoms with E-state index in [0.717, 1.165) is 17.4 Å². The van der Waals surface area contributed by atoms with Gasteiger partial charge in [0.2, 0.25) is 0 Å². The molecule has 0 aliphatic carbocycles. The molecule has 2 N–H and O–H groups in total. The Morgan fingerprint density at radius 2 is 1.21 bits per heavy atom. The third kappa shape index (κ3) is 22.1. The van der Waals surface area contributed by atoms with Crippen LogP contribution in [0.1, 0.15) is 96.8 Å². The van der Waals surface area contributed by atoms with Crippen LogP contribution in [0.15, 0.2) is 12.2 Å². The zero-order valence-corrected chi connectivity index (χ0v) is 19.7. The topological polar surface area (TPSA) is 66.8 Å². The van der Waals surface area contributed by atoms with Crippen molar-refractivity contribution in [1.29, 1.82) is 0 Å². The van der Waals surface area contributed by atoms with Crippen LogP contribution >= 0.6 is 7.82 Å². The lowest BCUT2D eigenvalue weighted by Gasteiger charge is -2.29. The normalized spacial score (nSPS) is 12.9. The van der Waals surface area contributed by atoms with E-state index in [4.69, 9.17) is 9.79 Å². The fourth-order valence-electron chi connectivity index (χ4n) is 3.31. The number of likely N-dealkylation sites (N-methyl/N-ethyl adjacent to an activating group) is 1. The number of phosphoric ester groups is 1. The van der Waals surface area contributed by atoms with E-state index in [1.165, 1.54) is 83.5 Å². The van der Waals surface area contributed by atoms with Crippen LogP contribution in [0.2, 0.25) is 0 Å². The smallest absolute Gasteiger partial charge is 0.327 e. The number of quaternary nitrogens is 1. The summed E-state index contributed by atoms with van der Waals surface area (Å²) in [5.41, 5.74) is 0. The van der Waals surface area contributed by atoms with Crippen LogP contribution in [0.4, 0.5) is 0 Å². The fraction of sp³-hybridized carbons (Fsp3) is 0.909. The number of hydrogen-bond acceptors (Lipinski definition) is 2. The highest BCUT2D eigenvalue weighted by atomic mass is 31.2.